The topological polar surface area (TPSA) is 59.7 Å². The summed E-state index contributed by atoms with van der Waals surface area (Å²) in [5.41, 5.74) is 4.40. The Bertz CT molecular complexity index is 811. The number of benzene rings is 1. The van der Waals surface area contributed by atoms with Crippen LogP contribution in [-0.2, 0) is 19.5 Å². The summed E-state index contributed by atoms with van der Waals surface area (Å²) in [7, 11) is 0. The van der Waals surface area contributed by atoms with E-state index >= 15 is 0 Å². The predicted molar refractivity (Wildman–Crippen MR) is 85.9 cm³/mol. The minimum atomic E-state index is 0.787. The molecule has 6 nitrogen and oxygen atoms in total. The van der Waals surface area contributed by atoms with Gasteiger partial charge in [-0.2, -0.15) is 0 Å². The van der Waals surface area contributed by atoms with Crippen molar-refractivity contribution in [3.8, 4) is 5.69 Å². The van der Waals surface area contributed by atoms with E-state index in [0.29, 0.717) is 0 Å². The monoisotopic (exact) mass is 306 g/mol. The largest absolute Gasteiger partial charge is 0.291 e. The molecule has 116 valence electrons. The van der Waals surface area contributed by atoms with E-state index < -0.39 is 0 Å². The lowest BCUT2D eigenvalue weighted by atomic mass is 10.1. The molecule has 23 heavy (non-hydrogen) atoms. The third-order valence-corrected chi connectivity index (χ3v) is 4.09. The van der Waals surface area contributed by atoms with Gasteiger partial charge < -0.3 is 0 Å². The number of aryl methyl sites for hydroxylation is 1. The van der Waals surface area contributed by atoms with E-state index in [9.17, 15) is 0 Å². The standard InChI is InChI=1S/C17H18N6/c1-13-18-9-14-7-8-22(12-17(14)19-13)10-15-11-23(21-20-15)16-5-3-2-4-6-16/h2-6,9,11H,7-8,10,12H2,1H3. The molecule has 0 atom stereocenters. The van der Waals surface area contributed by atoms with E-state index in [1.807, 2.05) is 54.3 Å². The number of fused-ring (bicyclic) bond motifs is 1. The van der Waals surface area contributed by atoms with Crippen molar-refractivity contribution in [1.82, 2.24) is 29.9 Å². The maximum absolute atomic E-state index is 4.56. The van der Waals surface area contributed by atoms with Crippen LogP contribution in [0.2, 0.25) is 0 Å². The first-order valence-electron chi connectivity index (χ1n) is 7.78. The highest BCUT2D eigenvalue weighted by molar-refractivity contribution is 5.30. The summed E-state index contributed by atoms with van der Waals surface area (Å²) in [5, 5.41) is 8.52. The Morgan fingerprint density at radius 1 is 1.17 bits per heavy atom. The highest BCUT2D eigenvalue weighted by Crippen LogP contribution is 2.18. The Hall–Kier alpha value is -2.60. The van der Waals surface area contributed by atoms with Gasteiger partial charge in [0.1, 0.15) is 5.82 Å². The molecule has 0 radical (unpaired) electrons. The van der Waals surface area contributed by atoms with Crippen LogP contribution in [0.25, 0.3) is 5.69 Å². The zero-order valence-electron chi connectivity index (χ0n) is 13.1. The predicted octanol–water partition coefficient (Wildman–Crippen LogP) is 1.92. The molecule has 1 aliphatic heterocycles. The molecule has 3 heterocycles. The number of aromatic nitrogens is 5. The van der Waals surface area contributed by atoms with Crippen LogP contribution < -0.4 is 0 Å². The first-order valence-corrected chi connectivity index (χ1v) is 7.78. The molecule has 6 heteroatoms. The van der Waals surface area contributed by atoms with Crippen molar-refractivity contribution in [2.24, 2.45) is 0 Å². The first-order chi connectivity index (χ1) is 11.3. The van der Waals surface area contributed by atoms with E-state index in [1.54, 1.807) is 0 Å². The summed E-state index contributed by atoms with van der Waals surface area (Å²) in [5.74, 6) is 0.834. The van der Waals surface area contributed by atoms with Crippen LogP contribution in [0, 0.1) is 6.92 Å². The third kappa shape index (κ3) is 2.98. The molecule has 0 amide bonds. The average Bonchev–Trinajstić information content (AvgIpc) is 3.04. The van der Waals surface area contributed by atoms with Crippen molar-refractivity contribution in [3.05, 3.63) is 65.5 Å². The number of hydrogen-bond acceptors (Lipinski definition) is 5. The lowest BCUT2D eigenvalue weighted by Crippen LogP contribution is -2.31. The van der Waals surface area contributed by atoms with Gasteiger partial charge in [0.2, 0.25) is 0 Å². The molecule has 0 saturated heterocycles. The van der Waals surface area contributed by atoms with Gasteiger partial charge in [0.25, 0.3) is 0 Å². The van der Waals surface area contributed by atoms with Crippen LogP contribution in [-0.4, -0.2) is 36.4 Å². The van der Waals surface area contributed by atoms with Gasteiger partial charge in [-0.3, -0.25) is 4.90 Å². The van der Waals surface area contributed by atoms with E-state index in [1.165, 1.54) is 5.56 Å². The lowest BCUT2D eigenvalue weighted by Gasteiger charge is -2.26. The third-order valence-electron chi connectivity index (χ3n) is 4.09. The minimum Gasteiger partial charge on any atom is -0.291 e. The van der Waals surface area contributed by atoms with Gasteiger partial charge in [-0.25, -0.2) is 14.6 Å². The van der Waals surface area contributed by atoms with Gasteiger partial charge in [0.15, 0.2) is 0 Å². The Morgan fingerprint density at radius 3 is 2.91 bits per heavy atom. The molecule has 1 aliphatic rings. The Labute approximate surface area is 134 Å². The molecule has 0 unspecified atom stereocenters. The SMILES string of the molecule is Cc1ncc2c(n1)CN(Cc1cn(-c3ccccc3)nn1)CC2. The van der Waals surface area contributed by atoms with Gasteiger partial charge in [-0.05, 0) is 31.0 Å². The summed E-state index contributed by atoms with van der Waals surface area (Å²) in [6, 6.07) is 10.0. The molecule has 0 fully saturated rings. The molecule has 4 rings (SSSR count). The van der Waals surface area contributed by atoms with Gasteiger partial charge in [-0.15, -0.1) is 5.10 Å². The van der Waals surface area contributed by atoms with Gasteiger partial charge in [0.05, 0.1) is 23.3 Å². The first kappa shape index (κ1) is 14.0. The highest BCUT2D eigenvalue weighted by atomic mass is 15.4. The van der Waals surface area contributed by atoms with Crippen molar-refractivity contribution >= 4 is 0 Å². The Morgan fingerprint density at radius 2 is 2.04 bits per heavy atom. The molecule has 0 N–H and O–H groups in total. The van der Waals surface area contributed by atoms with Crippen molar-refractivity contribution in [2.45, 2.75) is 26.4 Å². The van der Waals surface area contributed by atoms with Crippen LogP contribution >= 0.6 is 0 Å². The van der Waals surface area contributed by atoms with Crippen molar-refractivity contribution < 1.29 is 0 Å². The van der Waals surface area contributed by atoms with Crippen LogP contribution in [0.1, 0.15) is 22.8 Å². The maximum atomic E-state index is 4.56. The van der Waals surface area contributed by atoms with E-state index in [2.05, 4.69) is 25.2 Å². The van der Waals surface area contributed by atoms with Gasteiger partial charge in [-0.1, -0.05) is 23.4 Å². The number of nitrogens with zero attached hydrogens (tertiary/aromatic N) is 6. The average molecular weight is 306 g/mol. The number of rotatable bonds is 3. The number of para-hydroxylation sites is 1. The fourth-order valence-corrected chi connectivity index (χ4v) is 2.90. The summed E-state index contributed by atoms with van der Waals surface area (Å²) in [4.78, 5) is 11.2. The van der Waals surface area contributed by atoms with E-state index in [0.717, 1.165) is 49.0 Å². The van der Waals surface area contributed by atoms with E-state index in [4.69, 9.17) is 0 Å². The van der Waals surface area contributed by atoms with Crippen molar-refractivity contribution in [1.29, 1.82) is 0 Å². The Kier molecular flexibility index (Phi) is 3.59. The summed E-state index contributed by atoms with van der Waals surface area (Å²) in [6.45, 7) is 4.56. The maximum Gasteiger partial charge on any atom is 0.125 e. The molecule has 0 saturated carbocycles. The second-order valence-corrected chi connectivity index (χ2v) is 5.84. The zero-order chi connectivity index (χ0) is 15.6. The molecule has 2 aromatic heterocycles. The van der Waals surface area contributed by atoms with Gasteiger partial charge in [0, 0.05) is 25.8 Å². The molecule has 3 aromatic rings. The summed E-state index contributed by atoms with van der Waals surface area (Å²) < 4.78 is 1.82. The van der Waals surface area contributed by atoms with Crippen molar-refractivity contribution in [3.63, 3.8) is 0 Å². The second-order valence-electron chi connectivity index (χ2n) is 5.84. The normalized spacial score (nSPS) is 14.7. The summed E-state index contributed by atoms with van der Waals surface area (Å²) in [6.07, 6.45) is 4.94. The van der Waals surface area contributed by atoms with Crippen LogP contribution in [0.3, 0.4) is 0 Å². The minimum absolute atomic E-state index is 0.787. The summed E-state index contributed by atoms with van der Waals surface area (Å²) >= 11 is 0. The molecule has 0 aliphatic carbocycles. The lowest BCUT2D eigenvalue weighted by molar-refractivity contribution is 0.238. The smallest absolute Gasteiger partial charge is 0.125 e. The van der Waals surface area contributed by atoms with Crippen molar-refractivity contribution in [2.75, 3.05) is 6.54 Å². The number of hydrogen-bond donors (Lipinski definition) is 0. The van der Waals surface area contributed by atoms with Crippen LogP contribution in [0.4, 0.5) is 0 Å². The Balaban J connectivity index is 1.48. The second kappa shape index (κ2) is 5.89. The van der Waals surface area contributed by atoms with Crippen LogP contribution in [0.5, 0.6) is 0 Å². The fourth-order valence-electron chi connectivity index (χ4n) is 2.90. The molecular formula is C17H18N6. The zero-order valence-corrected chi connectivity index (χ0v) is 13.1. The van der Waals surface area contributed by atoms with Crippen LogP contribution in [0.15, 0.2) is 42.7 Å². The molecule has 0 spiro atoms. The van der Waals surface area contributed by atoms with E-state index in [-0.39, 0.29) is 0 Å². The molecule has 1 aromatic carbocycles. The van der Waals surface area contributed by atoms with Gasteiger partial charge >= 0.3 is 0 Å². The fraction of sp³-hybridized carbons (Fsp3) is 0.294. The highest BCUT2D eigenvalue weighted by Gasteiger charge is 2.19. The molecule has 0 bridgehead atoms. The quantitative estimate of drug-likeness (QED) is 0.740. The molecular weight excluding hydrogens is 288 g/mol.